The van der Waals surface area contributed by atoms with Gasteiger partial charge in [-0.15, -0.1) is 0 Å². The molecule has 2 aromatic carbocycles. The van der Waals surface area contributed by atoms with Crippen LogP contribution >= 0.6 is 0 Å². The lowest BCUT2D eigenvalue weighted by Gasteiger charge is -2.10. The van der Waals surface area contributed by atoms with Crippen molar-refractivity contribution in [3.05, 3.63) is 52.6 Å². The zero-order valence-electron chi connectivity index (χ0n) is 12.5. The lowest BCUT2D eigenvalue weighted by Crippen LogP contribution is -2.04. The molecule has 0 heterocycles. The second-order valence-corrected chi connectivity index (χ2v) is 5.26. The van der Waals surface area contributed by atoms with Crippen LogP contribution in [-0.4, -0.2) is 11.5 Å². The van der Waals surface area contributed by atoms with Crippen LogP contribution in [0.5, 0.6) is 17.2 Å². The van der Waals surface area contributed by atoms with Crippen molar-refractivity contribution in [3.8, 4) is 17.2 Å². The monoisotopic (exact) mass is 302 g/mol. The normalized spacial score (nSPS) is 10.5. The van der Waals surface area contributed by atoms with Gasteiger partial charge in [0, 0.05) is 12.1 Å². The Kier molecular flexibility index (Phi) is 4.83. The maximum Gasteiger partial charge on any atom is 0.292 e. The first-order chi connectivity index (χ1) is 10.5. The summed E-state index contributed by atoms with van der Waals surface area (Å²) in [5.74, 6) is 2.27. The van der Waals surface area contributed by atoms with E-state index in [4.69, 9.17) is 15.2 Å². The molecule has 2 rings (SSSR count). The first-order valence-corrected chi connectivity index (χ1v) is 6.90. The topological polar surface area (TPSA) is 87.6 Å². The Morgan fingerprint density at radius 2 is 1.68 bits per heavy atom. The number of hydrogen-bond acceptors (Lipinski definition) is 5. The number of anilines is 1. The van der Waals surface area contributed by atoms with E-state index in [1.807, 2.05) is 12.1 Å². The summed E-state index contributed by atoms with van der Waals surface area (Å²) >= 11 is 0. The molecule has 0 aliphatic heterocycles. The van der Waals surface area contributed by atoms with Gasteiger partial charge in [0.1, 0.15) is 22.9 Å². The molecule has 0 fully saturated rings. The van der Waals surface area contributed by atoms with Gasteiger partial charge in [-0.3, -0.25) is 10.1 Å². The van der Waals surface area contributed by atoms with Crippen molar-refractivity contribution in [2.24, 2.45) is 5.92 Å². The number of ether oxygens (including phenoxy) is 2. The molecule has 0 aliphatic carbocycles. The van der Waals surface area contributed by atoms with Gasteiger partial charge >= 0.3 is 0 Å². The summed E-state index contributed by atoms with van der Waals surface area (Å²) in [4.78, 5) is 10.2. The van der Waals surface area contributed by atoms with Crippen molar-refractivity contribution < 1.29 is 14.4 Å². The van der Waals surface area contributed by atoms with E-state index >= 15 is 0 Å². The van der Waals surface area contributed by atoms with Crippen LogP contribution < -0.4 is 15.2 Å². The van der Waals surface area contributed by atoms with Crippen LogP contribution in [0.25, 0.3) is 0 Å². The minimum atomic E-state index is -0.528. The standard InChI is InChI=1S/C16H18N2O4/c1-11(2)10-21-12-3-5-13(6-4-12)22-14-7-8-16(18(19)20)15(17)9-14/h3-9,11H,10,17H2,1-2H3. The fourth-order valence-corrected chi connectivity index (χ4v) is 1.77. The summed E-state index contributed by atoms with van der Waals surface area (Å²) in [5, 5.41) is 10.7. The molecule has 0 aromatic heterocycles. The molecule has 0 amide bonds. The fourth-order valence-electron chi connectivity index (χ4n) is 1.77. The molecule has 0 spiro atoms. The highest BCUT2D eigenvalue weighted by atomic mass is 16.6. The van der Waals surface area contributed by atoms with Gasteiger partial charge in [-0.1, -0.05) is 13.8 Å². The molecule has 0 aliphatic rings. The number of rotatable bonds is 6. The molecule has 22 heavy (non-hydrogen) atoms. The predicted molar refractivity (Wildman–Crippen MR) is 84.4 cm³/mol. The van der Waals surface area contributed by atoms with Gasteiger partial charge in [-0.05, 0) is 36.2 Å². The smallest absolute Gasteiger partial charge is 0.292 e. The van der Waals surface area contributed by atoms with Crippen molar-refractivity contribution in [1.29, 1.82) is 0 Å². The lowest BCUT2D eigenvalue weighted by molar-refractivity contribution is -0.383. The summed E-state index contributed by atoms with van der Waals surface area (Å²) in [6.45, 7) is 4.81. The molecule has 6 nitrogen and oxygen atoms in total. The van der Waals surface area contributed by atoms with E-state index in [1.54, 1.807) is 12.1 Å². The molecule has 0 saturated carbocycles. The molecule has 2 aromatic rings. The van der Waals surface area contributed by atoms with E-state index in [-0.39, 0.29) is 11.4 Å². The molecule has 116 valence electrons. The molecule has 0 unspecified atom stereocenters. The van der Waals surface area contributed by atoms with Crippen LogP contribution in [0.1, 0.15) is 13.8 Å². The van der Waals surface area contributed by atoms with Crippen LogP contribution in [0.3, 0.4) is 0 Å². The number of benzene rings is 2. The highest BCUT2D eigenvalue weighted by Crippen LogP contribution is 2.30. The third-order valence-corrected chi connectivity index (χ3v) is 2.84. The van der Waals surface area contributed by atoms with E-state index in [9.17, 15) is 10.1 Å². The Hall–Kier alpha value is -2.76. The number of nitro groups is 1. The Bertz CT molecular complexity index is 654. The number of nitrogens with zero attached hydrogens (tertiary/aromatic N) is 1. The quantitative estimate of drug-likeness (QED) is 0.495. The van der Waals surface area contributed by atoms with Gasteiger partial charge in [0.05, 0.1) is 11.5 Å². The van der Waals surface area contributed by atoms with Gasteiger partial charge in [-0.25, -0.2) is 0 Å². The lowest BCUT2D eigenvalue weighted by atomic mass is 10.2. The summed E-state index contributed by atoms with van der Waals surface area (Å²) in [5.41, 5.74) is 5.56. The highest BCUT2D eigenvalue weighted by molar-refractivity contribution is 5.61. The SMILES string of the molecule is CC(C)COc1ccc(Oc2ccc([N+](=O)[O-])c(N)c2)cc1. The summed E-state index contributed by atoms with van der Waals surface area (Å²) in [6.07, 6.45) is 0. The molecule has 6 heteroatoms. The minimum Gasteiger partial charge on any atom is -0.493 e. The average molecular weight is 302 g/mol. The summed E-state index contributed by atoms with van der Waals surface area (Å²) in [7, 11) is 0. The first-order valence-electron chi connectivity index (χ1n) is 6.90. The zero-order chi connectivity index (χ0) is 16.1. The minimum absolute atomic E-state index is 0.0689. The Labute approximate surface area is 128 Å². The van der Waals surface area contributed by atoms with Crippen molar-refractivity contribution in [3.63, 3.8) is 0 Å². The predicted octanol–water partition coefficient (Wildman–Crippen LogP) is 4.00. The molecule has 0 atom stereocenters. The molecular formula is C16H18N2O4. The second kappa shape index (κ2) is 6.80. The van der Waals surface area contributed by atoms with Crippen molar-refractivity contribution in [2.45, 2.75) is 13.8 Å². The molecule has 2 N–H and O–H groups in total. The van der Waals surface area contributed by atoms with Crippen LogP contribution in [0.4, 0.5) is 11.4 Å². The number of hydrogen-bond donors (Lipinski definition) is 1. The molecule has 0 saturated heterocycles. The van der Waals surface area contributed by atoms with E-state index < -0.39 is 4.92 Å². The Morgan fingerprint density at radius 1 is 1.09 bits per heavy atom. The Morgan fingerprint density at radius 3 is 2.23 bits per heavy atom. The number of nitro benzene ring substituents is 1. The van der Waals surface area contributed by atoms with Crippen LogP contribution in [0.2, 0.25) is 0 Å². The molecular weight excluding hydrogens is 284 g/mol. The average Bonchev–Trinajstić information content (AvgIpc) is 2.46. The maximum atomic E-state index is 10.7. The largest absolute Gasteiger partial charge is 0.493 e. The van der Waals surface area contributed by atoms with Gasteiger partial charge in [-0.2, -0.15) is 0 Å². The third kappa shape index (κ3) is 4.12. The van der Waals surface area contributed by atoms with E-state index in [1.165, 1.54) is 18.2 Å². The van der Waals surface area contributed by atoms with E-state index in [0.717, 1.165) is 5.75 Å². The van der Waals surface area contributed by atoms with Gasteiger partial charge in [0.15, 0.2) is 0 Å². The van der Waals surface area contributed by atoms with Crippen LogP contribution in [-0.2, 0) is 0 Å². The van der Waals surface area contributed by atoms with Crippen molar-refractivity contribution in [2.75, 3.05) is 12.3 Å². The molecule has 0 bridgehead atoms. The highest BCUT2D eigenvalue weighted by Gasteiger charge is 2.12. The third-order valence-electron chi connectivity index (χ3n) is 2.84. The van der Waals surface area contributed by atoms with Crippen LogP contribution in [0, 0.1) is 16.0 Å². The second-order valence-electron chi connectivity index (χ2n) is 5.26. The van der Waals surface area contributed by atoms with Gasteiger partial charge in [0.2, 0.25) is 0 Å². The number of nitrogen functional groups attached to an aromatic ring is 1. The number of nitrogens with two attached hydrogens (primary N) is 1. The van der Waals surface area contributed by atoms with E-state index in [2.05, 4.69) is 13.8 Å². The van der Waals surface area contributed by atoms with E-state index in [0.29, 0.717) is 24.0 Å². The fraction of sp³-hybridized carbons (Fsp3) is 0.250. The Balaban J connectivity index is 2.04. The van der Waals surface area contributed by atoms with Gasteiger partial charge < -0.3 is 15.2 Å². The summed E-state index contributed by atoms with van der Waals surface area (Å²) in [6, 6.07) is 11.4. The maximum absolute atomic E-state index is 10.7. The van der Waals surface area contributed by atoms with Crippen LogP contribution in [0.15, 0.2) is 42.5 Å². The van der Waals surface area contributed by atoms with Gasteiger partial charge in [0.25, 0.3) is 5.69 Å². The van der Waals surface area contributed by atoms with Crippen molar-refractivity contribution >= 4 is 11.4 Å². The first kappa shape index (κ1) is 15.6. The van der Waals surface area contributed by atoms with Crippen molar-refractivity contribution in [1.82, 2.24) is 0 Å². The summed E-state index contributed by atoms with van der Waals surface area (Å²) < 4.78 is 11.2. The zero-order valence-corrected chi connectivity index (χ0v) is 12.5. The molecule has 0 radical (unpaired) electrons.